The Labute approximate surface area is 113 Å². The number of halogens is 1. The van der Waals surface area contributed by atoms with E-state index in [0.29, 0.717) is 0 Å². The van der Waals surface area contributed by atoms with Gasteiger partial charge in [-0.15, -0.1) is 0 Å². The smallest absolute Gasteiger partial charge is 0.172 e. The molecule has 0 unspecified atom stereocenters. The average Bonchev–Trinajstić information content (AvgIpc) is 2.54. The number of fused-ring (bicyclic) bond motifs is 1. The second-order valence-corrected chi connectivity index (χ2v) is 5.25. The Balaban J connectivity index is 2.66. The van der Waals surface area contributed by atoms with E-state index in [0.717, 1.165) is 16.2 Å². The molecule has 0 radical (unpaired) electrons. The number of rotatable bonds is 2. The molecule has 1 aliphatic carbocycles. The molecular formula is C15H18ClN2+. The molecule has 2 rings (SSSR count). The van der Waals surface area contributed by atoms with E-state index >= 15 is 0 Å². The molecule has 0 saturated carbocycles. The van der Waals surface area contributed by atoms with Gasteiger partial charge < -0.3 is 4.90 Å². The first kappa shape index (κ1) is 12.9. The number of allylic oxidation sites excluding steroid dienone is 3. The van der Waals surface area contributed by atoms with E-state index in [1.54, 1.807) is 0 Å². The lowest BCUT2D eigenvalue weighted by Crippen LogP contribution is -2.02. The summed E-state index contributed by atoms with van der Waals surface area (Å²) >= 11 is 6.52. The first-order chi connectivity index (χ1) is 8.50. The van der Waals surface area contributed by atoms with Gasteiger partial charge in [0.15, 0.2) is 6.21 Å². The molecular weight excluding hydrogens is 244 g/mol. The SMILES string of the molecule is CN(C)/C=C1/C(Cl)=C(C=[N+](C)C)c2ccccc21. The fraction of sp³-hybridized carbons (Fsp3) is 0.267. The quantitative estimate of drug-likeness (QED) is 0.586. The lowest BCUT2D eigenvalue weighted by Gasteiger charge is -2.08. The second kappa shape index (κ2) is 4.99. The highest BCUT2D eigenvalue weighted by molar-refractivity contribution is 6.46. The van der Waals surface area contributed by atoms with Gasteiger partial charge in [0, 0.05) is 25.9 Å². The minimum Gasteiger partial charge on any atom is -0.383 e. The van der Waals surface area contributed by atoms with E-state index in [1.807, 2.05) is 49.8 Å². The lowest BCUT2D eigenvalue weighted by atomic mass is 10.0. The van der Waals surface area contributed by atoms with Crippen molar-refractivity contribution in [3.63, 3.8) is 0 Å². The molecule has 0 N–H and O–H groups in total. The largest absolute Gasteiger partial charge is 0.383 e. The Kier molecular flexibility index (Phi) is 3.58. The fourth-order valence-corrected chi connectivity index (χ4v) is 2.40. The van der Waals surface area contributed by atoms with Crippen molar-refractivity contribution >= 4 is 29.0 Å². The third kappa shape index (κ3) is 2.34. The zero-order valence-electron chi connectivity index (χ0n) is 11.2. The summed E-state index contributed by atoms with van der Waals surface area (Å²) in [5, 5.41) is 0.818. The Bertz CT molecular complexity index is 562. The van der Waals surface area contributed by atoms with E-state index in [-0.39, 0.29) is 0 Å². The molecule has 0 amide bonds. The van der Waals surface area contributed by atoms with Crippen LogP contribution in [0.3, 0.4) is 0 Å². The second-order valence-electron chi connectivity index (χ2n) is 4.87. The molecule has 0 atom stereocenters. The molecule has 18 heavy (non-hydrogen) atoms. The highest BCUT2D eigenvalue weighted by atomic mass is 35.5. The molecule has 0 fully saturated rings. The van der Waals surface area contributed by atoms with Crippen LogP contribution in [-0.4, -0.2) is 43.9 Å². The summed E-state index contributed by atoms with van der Waals surface area (Å²) in [6.07, 6.45) is 4.13. The van der Waals surface area contributed by atoms with E-state index in [4.69, 9.17) is 11.6 Å². The minimum absolute atomic E-state index is 0.818. The third-order valence-electron chi connectivity index (χ3n) is 2.75. The third-order valence-corrected chi connectivity index (χ3v) is 3.16. The summed E-state index contributed by atoms with van der Waals surface area (Å²) in [5.74, 6) is 0. The van der Waals surface area contributed by atoms with Crippen molar-refractivity contribution in [2.75, 3.05) is 28.2 Å². The van der Waals surface area contributed by atoms with Gasteiger partial charge in [0.05, 0.1) is 10.6 Å². The van der Waals surface area contributed by atoms with E-state index in [2.05, 4.69) is 24.5 Å². The molecule has 0 saturated heterocycles. The van der Waals surface area contributed by atoms with Gasteiger partial charge in [-0.2, -0.15) is 0 Å². The predicted octanol–water partition coefficient (Wildman–Crippen LogP) is 2.90. The van der Waals surface area contributed by atoms with Crippen molar-refractivity contribution in [2.24, 2.45) is 0 Å². The van der Waals surface area contributed by atoms with Crippen molar-refractivity contribution < 1.29 is 4.58 Å². The highest BCUT2D eigenvalue weighted by Gasteiger charge is 2.25. The molecule has 0 aliphatic heterocycles. The molecule has 0 bridgehead atoms. The Morgan fingerprint density at radius 1 is 1.11 bits per heavy atom. The topological polar surface area (TPSA) is 6.25 Å². The summed E-state index contributed by atoms with van der Waals surface area (Å²) in [5.41, 5.74) is 4.57. The van der Waals surface area contributed by atoms with Gasteiger partial charge in [-0.25, -0.2) is 4.58 Å². The van der Waals surface area contributed by atoms with Crippen molar-refractivity contribution in [1.29, 1.82) is 0 Å². The van der Waals surface area contributed by atoms with Crippen LogP contribution in [0.25, 0.3) is 11.1 Å². The number of hydrogen-bond donors (Lipinski definition) is 0. The standard InChI is InChI=1S/C15H18ClN2/c1-17(2)9-13-11-7-5-6-8-12(11)14(15(13)16)10-18(3)4/h5-10H,1-4H3/q+1. The van der Waals surface area contributed by atoms with Gasteiger partial charge in [-0.1, -0.05) is 35.9 Å². The molecule has 0 heterocycles. The Morgan fingerprint density at radius 2 is 1.72 bits per heavy atom. The van der Waals surface area contributed by atoms with Gasteiger partial charge in [0.25, 0.3) is 0 Å². The molecule has 2 nitrogen and oxygen atoms in total. The molecule has 0 spiro atoms. The van der Waals surface area contributed by atoms with Crippen molar-refractivity contribution in [3.8, 4) is 0 Å². The Hall–Kier alpha value is -1.54. The summed E-state index contributed by atoms with van der Waals surface area (Å²) in [7, 11) is 8.03. The number of benzene rings is 1. The molecule has 1 aliphatic rings. The van der Waals surface area contributed by atoms with Crippen LogP contribution in [0.15, 0.2) is 35.5 Å². The van der Waals surface area contributed by atoms with E-state index in [9.17, 15) is 0 Å². The normalized spacial score (nSPS) is 15.9. The van der Waals surface area contributed by atoms with Crippen LogP contribution >= 0.6 is 11.6 Å². The monoisotopic (exact) mass is 261 g/mol. The summed E-state index contributed by atoms with van der Waals surface area (Å²) in [4.78, 5) is 2.02. The number of hydrogen-bond acceptors (Lipinski definition) is 1. The Morgan fingerprint density at radius 3 is 2.28 bits per heavy atom. The molecule has 3 heteroatoms. The minimum atomic E-state index is 0.818. The van der Waals surface area contributed by atoms with Crippen LogP contribution in [0.2, 0.25) is 0 Å². The maximum atomic E-state index is 6.52. The summed E-state index contributed by atoms with van der Waals surface area (Å²) in [6, 6.07) is 8.32. The van der Waals surface area contributed by atoms with Crippen LogP contribution < -0.4 is 0 Å². The van der Waals surface area contributed by atoms with Crippen LogP contribution in [0.5, 0.6) is 0 Å². The van der Waals surface area contributed by atoms with Crippen molar-refractivity contribution in [3.05, 3.63) is 46.6 Å². The number of nitrogens with zero attached hydrogens (tertiary/aromatic N) is 2. The summed E-state index contributed by atoms with van der Waals surface area (Å²) < 4.78 is 2.02. The molecule has 1 aromatic rings. The fourth-order valence-electron chi connectivity index (χ4n) is 2.10. The van der Waals surface area contributed by atoms with Crippen molar-refractivity contribution in [2.45, 2.75) is 0 Å². The first-order valence-corrected chi connectivity index (χ1v) is 6.28. The molecule has 1 aromatic carbocycles. The van der Waals surface area contributed by atoms with Gasteiger partial charge in [-0.3, -0.25) is 0 Å². The van der Waals surface area contributed by atoms with Gasteiger partial charge in [0.1, 0.15) is 14.1 Å². The molecule has 94 valence electrons. The maximum Gasteiger partial charge on any atom is 0.172 e. The zero-order valence-corrected chi connectivity index (χ0v) is 12.0. The highest BCUT2D eigenvalue weighted by Crippen LogP contribution is 2.42. The predicted molar refractivity (Wildman–Crippen MR) is 79.1 cm³/mol. The van der Waals surface area contributed by atoms with E-state index in [1.165, 1.54) is 11.1 Å². The zero-order chi connectivity index (χ0) is 13.3. The lowest BCUT2D eigenvalue weighted by molar-refractivity contribution is -0.458. The van der Waals surface area contributed by atoms with Crippen LogP contribution in [0.1, 0.15) is 11.1 Å². The maximum absolute atomic E-state index is 6.52. The van der Waals surface area contributed by atoms with Crippen LogP contribution in [0.4, 0.5) is 0 Å². The summed E-state index contributed by atoms with van der Waals surface area (Å²) in [6.45, 7) is 0. The van der Waals surface area contributed by atoms with Crippen molar-refractivity contribution in [1.82, 2.24) is 4.90 Å². The van der Waals surface area contributed by atoms with Gasteiger partial charge in [0.2, 0.25) is 0 Å². The molecule has 0 aromatic heterocycles. The van der Waals surface area contributed by atoms with Crippen LogP contribution in [-0.2, 0) is 0 Å². The van der Waals surface area contributed by atoms with Gasteiger partial charge in [-0.05, 0) is 11.1 Å². The van der Waals surface area contributed by atoms with Gasteiger partial charge >= 0.3 is 0 Å². The average molecular weight is 262 g/mol. The van der Waals surface area contributed by atoms with Crippen LogP contribution in [0, 0.1) is 0 Å². The van der Waals surface area contributed by atoms with E-state index < -0.39 is 0 Å². The first-order valence-electron chi connectivity index (χ1n) is 5.90.